The van der Waals surface area contributed by atoms with Crippen molar-refractivity contribution in [1.82, 2.24) is 24.8 Å². The predicted octanol–water partition coefficient (Wildman–Crippen LogP) is 3.47. The van der Waals surface area contributed by atoms with Crippen LogP contribution in [0, 0.1) is 19.7 Å². The number of benzene rings is 2. The number of carbonyl (C=O) groups is 1. The van der Waals surface area contributed by atoms with Gasteiger partial charge in [-0.1, -0.05) is 12.1 Å². The van der Waals surface area contributed by atoms with Crippen LogP contribution < -0.4 is 4.74 Å². The zero-order valence-corrected chi connectivity index (χ0v) is 15.9. The van der Waals surface area contributed by atoms with Crippen LogP contribution in [0.25, 0.3) is 11.4 Å². The average molecular weight is 391 g/mol. The summed E-state index contributed by atoms with van der Waals surface area (Å²) in [6.45, 7) is 3.52. The first-order valence-corrected chi connectivity index (χ1v) is 8.98. The molecule has 0 atom stereocenters. The molecule has 146 valence electrons. The van der Waals surface area contributed by atoms with Gasteiger partial charge in [0.1, 0.15) is 17.9 Å². The number of carbonyl (C=O) groups excluding carboxylic acids is 1. The molecule has 0 saturated heterocycles. The zero-order chi connectivity index (χ0) is 20.4. The Balaban J connectivity index is 1.49. The molecule has 0 aliphatic carbocycles. The van der Waals surface area contributed by atoms with Gasteiger partial charge in [0.15, 0.2) is 6.61 Å². The SMILES string of the molecule is Cc1cc(C(=O)COc2ccc(-n3cnnn3)cc2)c(C)n1-c1ccccc1F. The van der Waals surface area contributed by atoms with Gasteiger partial charge in [-0.05, 0) is 66.7 Å². The van der Waals surface area contributed by atoms with Gasteiger partial charge >= 0.3 is 0 Å². The van der Waals surface area contributed by atoms with E-state index in [4.69, 9.17) is 4.74 Å². The van der Waals surface area contributed by atoms with E-state index in [-0.39, 0.29) is 18.2 Å². The number of aryl methyl sites for hydroxylation is 1. The second-order valence-corrected chi connectivity index (χ2v) is 6.53. The van der Waals surface area contributed by atoms with Gasteiger partial charge < -0.3 is 9.30 Å². The highest BCUT2D eigenvalue weighted by Crippen LogP contribution is 2.23. The van der Waals surface area contributed by atoms with Crippen LogP contribution in [0.5, 0.6) is 5.75 Å². The largest absolute Gasteiger partial charge is 0.485 e. The molecule has 0 spiro atoms. The third-order valence-corrected chi connectivity index (χ3v) is 4.65. The summed E-state index contributed by atoms with van der Waals surface area (Å²) in [5.41, 5.74) is 3.16. The molecule has 0 bridgehead atoms. The predicted molar refractivity (Wildman–Crippen MR) is 104 cm³/mol. The summed E-state index contributed by atoms with van der Waals surface area (Å²) in [6.07, 6.45) is 1.49. The van der Waals surface area contributed by atoms with Crippen molar-refractivity contribution in [2.75, 3.05) is 6.61 Å². The molecule has 0 fully saturated rings. The molecule has 2 aromatic heterocycles. The van der Waals surface area contributed by atoms with Gasteiger partial charge in [0.2, 0.25) is 5.78 Å². The number of aromatic nitrogens is 5. The van der Waals surface area contributed by atoms with Gasteiger partial charge in [-0.2, -0.15) is 0 Å². The number of hydrogen-bond donors (Lipinski definition) is 0. The molecule has 0 amide bonds. The Labute approximate surface area is 166 Å². The number of ether oxygens (including phenoxy) is 1. The Kier molecular flexibility index (Phi) is 4.90. The molecular weight excluding hydrogens is 373 g/mol. The van der Waals surface area contributed by atoms with E-state index < -0.39 is 0 Å². The lowest BCUT2D eigenvalue weighted by molar-refractivity contribution is 0.0921. The van der Waals surface area contributed by atoms with Crippen LogP contribution in [0.4, 0.5) is 4.39 Å². The Hall–Kier alpha value is -3.81. The maximum Gasteiger partial charge on any atom is 0.202 e. The highest BCUT2D eigenvalue weighted by molar-refractivity contribution is 5.98. The second-order valence-electron chi connectivity index (χ2n) is 6.53. The van der Waals surface area contributed by atoms with Gasteiger partial charge in [-0.15, -0.1) is 5.10 Å². The van der Waals surface area contributed by atoms with Gasteiger partial charge in [0.05, 0.1) is 11.4 Å². The molecule has 4 rings (SSSR count). The molecule has 8 heteroatoms. The maximum absolute atomic E-state index is 14.2. The molecule has 4 aromatic rings. The molecule has 2 aromatic carbocycles. The number of rotatable bonds is 6. The van der Waals surface area contributed by atoms with E-state index in [9.17, 15) is 9.18 Å². The van der Waals surface area contributed by atoms with Crippen molar-refractivity contribution in [3.63, 3.8) is 0 Å². The standard InChI is InChI=1S/C21H18FN5O2/c1-14-11-18(15(2)27(14)20-6-4-3-5-19(20)22)21(28)12-29-17-9-7-16(8-10-17)26-13-23-24-25-26/h3-11,13H,12H2,1-2H3. The van der Waals surface area contributed by atoms with Gasteiger partial charge in [0.25, 0.3) is 0 Å². The number of tetrazole rings is 1. The highest BCUT2D eigenvalue weighted by atomic mass is 19.1. The van der Waals surface area contributed by atoms with Crippen molar-refractivity contribution in [3.05, 3.63) is 83.7 Å². The maximum atomic E-state index is 14.2. The lowest BCUT2D eigenvalue weighted by atomic mass is 10.1. The number of para-hydroxylation sites is 1. The molecular formula is C21H18FN5O2. The van der Waals surface area contributed by atoms with Crippen molar-refractivity contribution in [2.45, 2.75) is 13.8 Å². The molecule has 0 radical (unpaired) electrons. The van der Waals surface area contributed by atoms with Crippen molar-refractivity contribution in [1.29, 1.82) is 0 Å². The van der Waals surface area contributed by atoms with E-state index in [2.05, 4.69) is 15.5 Å². The smallest absolute Gasteiger partial charge is 0.202 e. The van der Waals surface area contributed by atoms with Gasteiger partial charge in [0, 0.05) is 17.0 Å². The molecule has 7 nitrogen and oxygen atoms in total. The minimum Gasteiger partial charge on any atom is -0.485 e. The molecule has 0 unspecified atom stereocenters. The summed E-state index contributed by atoms with van der Waals surface area (Å²) < 4.78 is 23.1. The van der Waals surface area contributed by atoms with Crippen LogP contribution in [0.2, 0.25) is 0 Å². The summed E-state index contributed by atoms with van der Waals surface area (Å²) >= 11 is 0. The lowest BCUT2D eigenvalue weighted by Crippen LogP contribution is -2.13. The summed E-state index contributed by atoms with van der Waals surface area (Å²) in [4.78, 5) is 12.7. The Morgan fingerprint density at radius 2 is 1.86 bits per heavy atom. The van der Waals surface area contributed by atoms with E-state index >= 15 is 0 Å². The summed E-state index contributed by atoms with van der Waals surface area (Å²) in [5, 5.41) is 11.0. The summed E-state index contributed by atoms with van der Waals surface area (Å²) in [5.74, 6) is 0.0375. The molecule has 0 aliphatic heterocycles. The minimum absolute atomic E-state index is 0.119. The molecule has 0 aliphatic rings. The van der Waals surface area contributed by atoms with E-state index in [0.717, 1.165) is 11.4 Å². The Bertz CT molecular complexity index is 1150. The molecule has 0 saturated carbocycles. The highest BCUT2D eigenvalue weighted by Gasteiger charge is 2.18. The van der Waals surface area contributed by atoms with Crippen LogP contribution in [-0.2, 0) is 0 Å². The minimum atomic E-state index is -0.341. The number of hydrogen-bond acceptors (Lipinski definition) is 5. The number of nitrogens with zero attached hydrogens (tertiary/aromatic N) is 5. The normalized spacial score (nSPS) is 10.9. The number of halogens is 1. The average Bonchev–Trinajstić information content (AvgIpc) is 3.36. The fraction of sp³-hybridized carbons (Fsp3) is 0.143. The quantitative estimate of drug-likeness (QED) is 0.471. The summed E-state index contributed by atoms with van der Waals surface area (Å²) in [6, 6.07) is 15.3. The zero-order valence-electron chi connectivity index (χ0n) is 15.9. The van der Waals surface area contributed by atoms with E-state index in [1.165, 1.54) is 17.1 Å². The number of ketones is 1. The van der Waals surface area contributed by atoms with Crippen LogP contribution in [-0.4, -0.2) is 37.2 Å². The Morgan fingerprint density at radius 3 is 2.55 bits per heavy atom. The second kappa shape index (κ2) is 7.67. The van der Waals surface area contributed by atoms with E-state index in [1.54, 1.807) is 60.0 Å². The fourth-order valence-corrected chi connectivity index (χ4v) is 3.25. The van der Waals surface area contributed by atoms with Crippen LogP contribution in [0.3, 0.4) is 0 Å². The van der Waals surface area contributed by atoms with Gasteiger partial charge in [-0.3, -0.25) is 4.79 Å². The van der Waals surface area contributed by atoms with Crippen LogP contribution in [0.1, 0.15) is 21.7 Å². The molecule has 2 heterocycles. The van der Waals surface area contributed by atoms with Crippen molar-refractivity contribution >= 4 is 5.78 Å². The molecule has 0 N–H and O–H groups in total. The number of Topliss-reactive ketones (excluding diaryl/α,β-unsaturated/α-hetero) is 1. The Morgan fingerprint density at radius 1 is 1.10 bits per heavy atom. The third kappa shape index (κ3) is 3.64. The van der Waals surface area contributed by atoms with Crippen molar-refractivity contribution in [3.8, 4) is 17.1 Å². The van der Waals surface area contributed by atoms with Crippen LogP contribution in [0.15, 0.2) is 60.9 Å². The topological polar surface area (TPSA) is 74.8 Å². The monoisotopic (exact) mass is 391 g/mol. The fourth-order valence-electron chi connectivity index (χ4n) is 3.25. The molecule has 29 heavy (non-hydrogen) atoms. The third-order valence-electron chi connectivity index (χ3n) is 4.65. The van der Waals surface area contributed by atoms with Crippen molar-refractivity contribution in [2.24, 2.45) is 0 Å². The first kappa shape index (κ1) is 18.5. The first-order chi connectivity index (χ1) is 14.0. The van der Waals surface area contributed by atoms with E-state index in [0.29, 0.717) is 22.7 Å². The van der Waals surface area contributed by atoms with Crippen molar-refractivity contribution < 1.29 is 13.9 Å². The van der Waals surface area contributed by atoms with Crippen LogP contribution >= 0.6 is 0 Å². The van der Waals surface area contributed by atoms with E-state index in [1.807, 2.05) is 6.92 Å². The first-order valence-electron chi connectivity index (χ1n) is 8.98. The van der Waals surface area contributed by atoms with Gasteiger partial charge in [-0.25, -0.2) is 9.07 Å². The summed E-state index contributed by atoms with van der Waals surface area (Å²) in [7, 11) is 0. The lowest BCUT2D eigenvalue weighted by Gasteiger charge is -2.11.